The number of rotatable bonds is 4. The molecule has 3 N–H and O–H groups in total. The quantitative estimate of drug-likeness (QED) is 0.854. The van der Waals surface area contributed by atoms with Crippen molar-refractivity contribution in [2.24, 2.45) is 5.73 Å². The van der Waals surface area contributed by atoms with E-state index in [0.717, 1.165) is 29.0 Å². The van der Waals surface area contributed by atoms with Crippen LogP contribution in [-0.4, -0.2) is 24.8 Å². The molecule has 2 rings (SSSR count). The summed E-state index contributed by atoms with van der Waals surface area (Å²) in [6.45, 7) is 6.23. The summed E-state index contributed by atoms with van der Waals surface area (Å²) in [6.07, 6.45) is 0.740. The molecular weight excluding hydrogens is 244 g/mol. The zero-order valence-corrected chi connectivity index (χ0v) is 11.6. The first-order valence-electron chi connectivity index (χ1n) is 6.34. The van der Waals surface area contributed by atoms with E-state index in [1.807, 2.05) is 19.1 Å². The molecule has 0 bridgehead atoms. The Balaban J connectivity index is 1.95. The monoisotopic (exact) mass is 264 g/mol. The molecule has 1 heterocycles. The molecule has 104 valence electrons. The number of nitrogens with two attached hydrogens (primary N) is 1. The van der Waals surface area contributed by atoms with E-state index in [4.69, 9.17) is 15.2 Å². The molecule has 5 nitrogen and oxygen atoms in total. The van der Waals surface area contributed by atoms with Crippen LogP contribution < -0.4 is 20.5 Å². The average molecular weight is 264 g/mol. The number of carbonyl (C=O) groups excluding carboxylic acids is 1. The summed E-state index contributed by atoms with van der Waals surface area (Å²) in [4.78, 5) is 11.6. The van der Waals surface area contributed by atoms with E-state index in [9.17, 15) is 4.79 Å². The summed E-state index contributed by atoms with van der Waals surface area (Å²) in [7, 11) is 0. The lowest BCUT2D eigenvalue weighted by atomic mass is 10.0. The number of benzene rings is 1. The summed E-state index contributed by atoms with van der Waals surface area (Å²) in [6, 6.07) is 3.93. The van der Waals surface area contributed by atoms with Crippen LogP contribution in [-0.2, 0) is 11.2 Å². The van der Waals surface area contributed by atoms with Gasteiger partial charge in [0.25, 0.3) is 0 Å². The van der Waals surface area contributed by atoms with Crippen LogP contribution in [0.1, 0.15) is 25.0 Å². The van der Waals surface area contributed by atoms with E-state index in [2.05, 4.69) is 5.32 Å². The molecule has 1 aromatic rings. The Morgan fingerprint density at radius 3 is 2.63 bits per heavy atom. The SMILES string of the molecule is Cc1cc2c(cc1CCNC(=O)C(C)(C)N)OCO2. The summed E-state index contributed by atoms with van der Waals surface area (Å²) in [5.41, 5.74) is 7.14. The first-order chi connectivity index (χ1) is 8.88. The summed E-state index contributed by atoms with van der Waals surface area (Å²) >= 11 is 0. The predicted molar refractivity (Wildman–Crippen MR) is 72.3 cm³/mol. The van der Waals surface area contributed by atoms with Gasteiger partial charge in [0, 0.05) is 6.54 Å². The van der Waals surface area contributed by atoms with Gasteiger partial charge in [0.15, 0.2) is 11.5 Å². The predicted octanol–water partition coefficient (Wildman–Crippen LogP) is 1.12. The number of aryl methyl sites for hydroxylation is 1. The van der Waals surface area contributed by atoms with Gasteiger partial charge in [0.1, 0.15) is 0 Å². The van der Waals surface area contributed by atoms with E-state index < -0.39 is 5.54 Å². The second-order valence-electron chi connectivity index (χ2n) is 5.36. The van der Waals surface area contributed by atoms with Gasteiger partial charge in [-0.3, -0.25) is 4.79 Å². The minimum Gasteiger partial charge on any atom is -0.454 e. The highest BCUT2D eigenvalue weighted by molar-refractivity contribution is 5.85. The van der Waals surface area contributed by atoms with Gasteiger partial charge in [-0.25, -0.2) is 0 Å². The molecule has 0 aliphatic carbocycles. The molecule has 1 aliphatic heterocycles. The van der Waals surface area contributed by atoms with Gasteiger partial charge >= 0.3 is 0 Å². The first-order valence-corrected chi connectivity index (χ1v) is 6.34. The zero-order chi connectivity index (χ0) is 14.0. The second kappa shape index (κ2) is 5.09. The highest BCUT2D eigenvalue weighted by Gasteiger charge is 2.21. The molecule has 0 fully saturated rings. The van der Waals surface area contributed by atoms with Gasteiger partial charge in [-0.1, -0.05) is 0 Å². The van der Waals surface area contributed by atoms with E-state index in [0.29, 0.717) is 6.54 Å². The normalized spacial score (nSPS) is 13.5. The third-order valence-electron chi connectivity index (χ3n) is 3.10. The smallest absolute Gasteiger partial charge is 0.239 e. The number of nitrogens with one attached hydrogen (secondary N) is 1. The Labute approximate surface area is 113 Å². The maximum absolute atomic E-state index is 11.6. The van der Waals surface area contributed by atoms with Crippen molar-refractivity contribution in [2.45, 2.75) is 32.7 Å². The molecule has 1 aliphatic rings. The largest absolute Gasteiger partial charge is 0.454 e. The van der Waals surface area contributed by atoms with Crippen molar-refractivity contribution in [2.75, 3.05) is 13.3 Å². The van der Waals surface area contributed by atoms with Crippen LogP contribution in [0.25, 0.3) is 0 Å². The standard InChI is InChI=1S/C14H20N2O3/c1-9-6-11-12(19-8-18-11)7-10(9)4-5-16-13(17)14(2,3)15/h6-7H,4-5,8,15H2,1-3H3,(H,16,17). The lowest BCUT2D eigenvalue weighted by Gasteiger charge is -2.18. The fourth-order valence-corrected chi connectivity index (χ4v) is 1.89. The summed E-state index contributed by atoms with van der Waals surface area (Å²) < 4.78 is 10.7. The number of hydrogen-bond donors (Lipinski definition) is 2. The van der Waals surface area contributed by atoms with E-state index in [-0.39, 0.29) is 12.7 Å². The Bertz CT molecular complexity index is 492. The Morgan fingerprint density at radius 2 is 2.00 bits per heavy atom. The van der Waals surface area contributed by atoms with Crippen LogP contribution in [0, 0.1) is 6.92 Å². The summed E-state index contributed by atoms with van der Waals surface area (Å²) in [5.74, 6) is 1.41. The van der Waals surface area contributed by atoms with Gasteiger partial charge < -0.3 is 20.5 Å². The molecular formula is C14H20N2O3. The number of amides is 1. The van der Waals surface area contributed by atoms with Gasteiger partial charge in [-0.05, 0) is 50.5 Å². The van der Waals surface area contributed by atoms with Crippen molar-refractivity contribution in [3.05, 3.63) is 23.3 Å². The molecule has 1 aromatic carbocycles. The maximum atomic E-state index is 11.6. The van der Waals surface area contributed by atoms with Crippen molar-refractivity contribution < 1.29 is 14.3 Å². The minimum atomic E-state index is -0.843. The van der Waals surface area contributed by atoms with Crippen LogP contribution in [0.3, 0.4) is 0 Å². The van der Waals surface area contributed by atoms with Crippen LogP contribution in [0.2, 0.25) is 0 Å². The fraction of sp³-hybridized carbons (Fsp3) is 0.500. The number of hydrogen-bond acceptors (Lipinski definition) is 4. The molecule has 5 heteroatoms. The lowest BCUT2D eigenvalue weighted by Crippen LogP contribution is -2.49. The van der Waals surface area contributed by atoms with E-state index in [1.54, 1.807) is 13.8 Å². The van der Waals surface area contributed by atoms with Gasteiger partial charge in [0.05, 0.1) is 5.54 Å². The number of carbonyl (C=O) groups is 1. The minimum absolute atomic E-state index is 0.147. The Kier molecular flexibility index (Phi) is 3.66. The first kappa shape index (κ1) is 13.7. The molecule has 19 heavy (non-hydrogen) atoms. The maximum Gasteiger partial charge on any atom is 0.239 e. The molecule has 0 saturated carbocycles. The van der Waals surface area contributed by atoms with Gasteiger partial charge in [0.2, 0.25) is 12.7 Å². The van der Waals surface area contributed by atoms with E-state index >= 15 is 0 Å². The van der Waals surface area contributed by atoms with Crippen molar-refractivity contribution in [3.63, 3.8) is 0 Å². The number of ether oxygens (including phenoxy) is 2. The molecule has 0 spiro atoms. The van der Waals surface area contributed by atoms with Crippen LogP contribution >= 0.6 is 0 Å². The molecule has 0 aromatic heterocycles. The van der Waals surface area contributed by atoms with Crippen LogP contribution in [0.4, 0.5) is 0 Å². The van der Waals surface area contributed by atoms with Crippen molar-refractivity contribution in [3.8, 4) is 11.5 Å². The van der Waals surface area contributed by atoms with Gasteiger partial charge in [-0.15, -0.1) is 0 Å². The molecule has 0 radical (unpaired) electrons. The molecule has 0 atom stereocenters. The van der Waals surface area contributed by atoms with Crippen molar-refractivity contribution in [1.82, 2.24) is 5.32 Å². The fourth-order valence-electron chi connectivity index (χ4n) is 1.89. The molecule has 1 amide bonds. The highest BCUT2D eigenvalue weighted by atomic mass is 16.7. The van der Waals surface area contributed by atoms with Crippen molar-refractivity contribution >= 4 is 5.91 Å². The highest BCUT2D eigenvalue weighted by Crippen LogP contribution is 2.34. The zero-order valence-electron chi connectivity index (χ0n) is 11.6. The van der Waals surface area contributed by atoms with Crippen molar-refractivity contribution in [1.29, 1.82) is 0 Å². The van der Waals surface area contributed by atoms with Crippen LogP contribution in [0.5, 0.6) is 11.5 Å². The van der Waals surface area contributed by atoms with Crippen LogP contribution in [0.15, 0.2) is 12.1 Å². The van der Waals surface area contributed by atoms with E-state index in [1.165, 1.54) is 0 Å². The van der Waals surface area contributed by atoms with Gasteiger partial charge in [-0.2, -0.15) is 0 Å². The average Bonchev–Trinajstić information content (AvgIpc) is 2.74. The number of fused-ring (bicyclic) bond motifs is 1. The molecule has 0 saturated heterocycles. The topological polar surface area (TPSA) is 73.6 Å². The second-order valence-corrected chi connectivity index (χ2v) is 5.36. The third-order valence-corrected chi connectivity index (χ3v) is 3.10. The Morgan fingerprint density at radius 1 is 1.37 bits per heavy atom. The third kappa shape index (κ3) is 3.17. The Hall–Kier alpha value is -1.75. The molecule has 0 unspecified atom stereocenters. The summed E-state index contributed by atoms with van der Waals surface area (Å²) in [5, 5.41) is 2.83. The lowest BCUT2D eigenvalue weighted by molar-refractivity contribution is -0.125.